The van der Waals surface area contributed by atoms with Gasteiger partial charge in [0, 0.05) is 12.6 Å². The average molecular weight is 214 g/mol. The Bertz CT molecular complexity index is 115. The summed E-state index contributed by atoms with van der Waals surface area (Å²) in [6.07, 6.45) is 11.0. The van der Waals surface area contributed by atoms with Gasteiger partial charge in [-0.05, 0) is 13.0 Å². The highest BCUT2D eigenvalue weighted by atomic mass is 14.9. The maximum absolute atomic E-state index is 5.68. The summed E-state index contributed by atoms with van der Waals surface area (Å²) in [5.41, 5.74) is 5.68. The smallest absolute Gasteiger partial charge is 0.0190 e. The third kappa shape index (κ3) is 10.2. The lowest BCUT2D eigenvalue weighted by Gasteiger charge is -2.14. The molecule has 0 aliphatic heterocycles. The van der Waals surface area contributed by atoms with Crippen LogP contribution in [0.15, 0.2) is 0 Å². The van der Waals surface area contributed by atoms with Crippen molar-refractivity contribution in [1.82, 2.24) is 5.32 Å². The highest BCUT2D eigenvalue weighted by Crippen LogP contribution is 2.09. The van der Waals surface area contributed by atoms with Crippen molar-refractivity contribution in [2.24, 2.45) is 5.73 Å². The summed E-state index contributed by atoms with van der Waals surface area (Å²) in [6, 6.07) is 0.547. The van der Waals surface area contributed by atoms with Gasteiger partial charge in [-0.1, -0.05) is 58.8 Å². The van der Waals surface area contributed by atoms with Crippen molar-refractivity contribution in [3.05, 3.63) is 0 Å². The van der Waals surface area contributed by atoms with E-state index in [4.69, 9.17) is 5.73 Å². The first-order valence-electron chi connectivity index (χ1n) is 6.78. The van der Waals surface area contributed by atoms with Gasteiger partial charge in [0.1, 0.15) is 0 Å². The van der Waals surface area contributed by atoms with E-state index in [1.54, 1.807) is 0 Å². The van der Waals surface area contributed by atoms with Gasteiger partial charge in [0.15, 0.2) is 0 Å². The van der Waals surface area contributed by atoms with Crippen molar-refractivity contribution in [2.45, 2.75) is 71.3 Å². The van der Waals surface area contributed by atoms with E-state index in [9.17, 15) is 0 Å². The Morgan fingerprint density at radius 3 is 2.07 bits per heavy atom. The lowest BCUT2D eigenvalue weighted by Crippen LogP contribution is -2.35. The van der Waals surface area contributed by atoms with E-state index in [-0.39, 0.29) is 0 Å². The Labute approximate surface area is 96.0 Å². The monoisotopic (exact) mass is 214 g/mol. The topological polar surface area (TPSA) is 38.0 Å². The molecule has 15 heavy (non-hydrogen) atoms. The summed E-state index contributed by atoms with van der Waals surface area (Å²) < 4.78 is 0. The van der Waals surface area contributed by atoms with Crippen molar-refractivity contribution in [3.8, 4) is 0 Å². The fraction of sp³-hybridized carbons (Fsp3) is 1.00. The van der Waals surface area contributed by atoms with Crippen LogP contribution in [0.25, 0.3) is 0 Å². The summed E-state index contributed by atoms with van der Waals surface area (Å²) in [4.78, 5) is 0. The maximum atomic E-state index is 5.68. The van der Waals surface area contributed by atoms with Gasteiger partial charge < -0.3 is 11.1 Å². The van der Waals surface area contributed by atoms with Crippen LogP contribution in [0.3, 0.4) is 0 Å². The summed E-state index contributed by atoms with van der Waals surface area (Å²) in [5.74, 6) is 0. The Hall–Kier alpha value is -0.0800. The lowest BCUT2D eigenvalue weighted by molar-refractivity contribution is 0.467. The van der Waals surface area contributed by atoms with Crippen LogP contribution in [0.5, 0.6) is 0 Å². The van der Waals surface area contributed by atoms with E-state index in [0.29, 0.717) is 6.04 Å². The molecule has 2 nitrogen and oxygen atoms in total. The predicted octanol–water partition coefficient (Wildman–Crippen LogP) is 3.06. The van der Waals surface area contributed by atoms with Crippen LogP contribution in [0.2, 0.25) is 0 Å². The first-order valence-corrected chi connectivity index (χ1v) is 6.78. The van der Waals surface area contributed by atoms with Crippen LogP contribution in [0.4, 0.5) is 0 Å². The molecule has 1 atom stereocenters. The van der Waals surface area contributed by atoms with Gasteiger partial charge in [0.2, 0.25) is 0 Å². The summed E-state index contributed by atoms with van der Waals surface area (Å²) in [6.45, 7) is 6.23. The SMILES string of the molecule is CCCCCCCCCC(CN)NCC. The quantitative estimate of drug-likeness (QED) is 0.519. The molecule has 0 radical (unpaired) electrons. The van der Waals surface area contributed by atoms with Crippen molar-refractivity contribution < 1.29 is 0 Å². The van der Waals surface area contributed by atoms with Crippen LogP contribution in [-0.4, -0.2) is 19.1 Å². The first-order chi connectivity index (χ1) is 7.35. The van der Waals surface area contributed by atoms with E-state index in [1.807, 2.05) is 0 Å². The molecule has 0 spiro atoms. The molecule has 0 aromatic rings. The molecule has 2 heteroatoms. The normalized spacial score (nSPS) is 13.0. The molecule has 1 unspecified atom stereocenters. The fourth-order valence-corrected chi connectivity index (χ4v) is 1.94. The molecule has 0 bridgehead atoms. The fourth-order valence-electron chi connectivity index (χ4n) is 1.94. The molecule has 0 rings (SSSR count). The minimum atomic E-state index is 0.547. The third-order valence-corrected chi connectivity index (χ3v) is 2.93. The molecule has 3 N–H and O–H groups in total. The minimum absolute atomic E-state index is 0.547. The van der Waals surface area contributed by atoms with Crippen LogP contribution < -0.4 is 11.1 Å². The van der Waals surface area contributed by atoms with E-state index in [0.717, 1.165) is 13.1 Å². The third-order valence-electron chi connectivity index (χ3n) is 2.93. The number of nitrogens with one attached hydrogen (secondary N) is 1. The van der Waals surface area contributed by atoms with Gasteiger partial charge in [0.05, 0.1) is 0 Å². The van der Waals surface area contributed by atoms with Crippen molar-refractivity contribution >= 4 is 0 Å². The number of unbranched alkanes of at least 4 members (excludes halogenated alkanes) is 6. The number of rotatable bonds is 11. The molecule has 0 aliphatic carbocycles. The van der Waals surface area contributed by atoms with Gasteiger partial charge in [-0.3, -0.25) is 0 Å². The summed E-state index contributed by atoms with van der Waals surface area (Å²) >= 11 is 0. The Balaban J connectivity index is 3.14. The molecule has 0 amide bonds. The van der Waals surface area contributed by atoms with Crippen molar-refractivity contribution in [2.75, 3.05) is 13.1 Å². The number of likely N-dealkylation sites (N-methyl/N-ethyl adjacent to an activating group) is 1. The zero-order valence-corrected chi connectivity index (χ0v) is 10.7. The Kier molecular flexibility index (Phi) is 11.9. The standard InChI is InChI=1S/C13H30N2/c1-3-5-6-7-8-9-10-11-13(12-14)15-4-2/h13,15H,3-12,14H2,1-2H3. The van der Waals surface area contributed by atoms with Crippen LogP contribution in [0, 0.1) is 0 Å². The van der Waals surface area contributed by atoms with Gasteiger partial charge in [0.25, 0.3) is 0 Å². The van der Waals surface area contributed by atoms with Crippen LogP contribution in [-0.2, 0) is 0 Å². The molecule has 0 fully saturated rings. The molecule has 0 aromatic heterocycles. The zero-order chi connectivity index (χ0) is 11.4. The number of hydrogen-bond donors (Lipinski definition) is 2. The molecule has 92 valence electrons. The second-order valence-corrected chi connectivity index (χ2v) is 4.40. The van der Waals surface area contributed by atoms with Crippen LogP contribution in [0.1, 0.15) is 65.2 Å². The molecule has 0 saturated heterocycles. The highest BCUT2D eigenvalue weighted by Gasteiger charge is 2.03. The van der Waals surface area contributed by atoms with E-state index >= 15 is 0 Å². The predicted molar refractivity (Wildman–Crippen MR) is 69.1 cm³/mol. The second kappa shape index (κ2) is 12.0. The second-order valence-electron chi connectivity index (χ2n) is 4.40. The molecule has 0 aliphatic rings. The van der Waals surface area contributed by atoms with Gasteiger partial charge >= 0.3 is 0 Å². The molecule has 0 heterocycles. The van der Waals surface area contributed by atoms with E-state index < -0.39 is 0 Å². The van der Waals surface area contributed by atoms with Gasteiger partial charge in [-0.25, -0.2) is 0 Å². The minimum Gasteiger partial charge on any atom is -0.329 e. The zero-order valence-electron chi connectivity index (χ0n) is 10.7. The molecule has 0 aromatic carbocycles. The van der Waals surface area contributed by atoms with E-state index in [1.165, 1.54) is 51.4 Å². The van der Waals surface area contributed by atoms with Gasteiger partial charge in [-0.15, -0.1) is 0 Å². The molecular formula is C13H30N2. The molecule has 0 saturated carbocycles. The average Bonchev–Trinajstić information content (AvgIpc) is 2.26. The largest absolute Gasteiger partial charge is 0.329 e. The Morgan fingerprint density at radius 1 is 0.933 bits per heavy atom. The lowest BCUT2D eigenvalue weighted by atomic mass is 10.1. The molecular weight excluding hydrogens is 184 g/mol. The van der Waals surface area contributed by atoms with Crippen molar-refractivity contribution in [3.63, 3.8) is 0 Å². The van der Waals surface area contributed by atoms with E-state index in [2.05, 4.69) is 19.2 Å². The summed E-state index contributed by atoms with van der Waals surface area (Å²) in [5, 5.41) is 3.42. The van der Waals surface area contributed by atoms with Crippen molar-refractivity contribution in [1.29, 1.82) is 0 Å². The van der Waals surface area contributed by atoms with Gasteiger partial charge in [-0.2, -0.15) is 0 Å². The number of hydrogen-bond acceptors (Lipinski definition) is 2. The number of nitrogens with two attached hydrogens (primary N) is 1. The highest BCUT2D eigenvalue weighted by molar-refractivity contribution is 4.66. The summed E-state index contributed by atoms with van der Waals surface area (Å²) in [7, 11) is 0. The van der Waals surface area contributed by atoms with Crippen LogP contribution >= 0.6 is 0 Å². The first kappa shape index (κ1) is 14.9. The maximum Gasteiger partial charge on any atom is 0.0190 e. The Morgan fingerprint density at radius 2 is 1.53 bits per heavy atom.